The van der Waals surface area contributed by atoms with Crippen LogP contribution in [0.3, 0.4) is 0 Å². The molecule has 0 radical (unpaired) electrons. The number of Topliss-reactive ketones (excluding diaryl/α,β-unsaturated/α-hetero) is 1. The third-order valence-corrected chi connectivity index (χ3v) is 4.74. The number of piperidine rings is 1. The number of rotatable bonds is 7. The van der Waals surface area contributed by atoms with E-state index in [0.717, 1.165) is 5.56 Å². The van der Waals surface area contributed by atoms with Crippen LogP contribution in [-0.4, -0.2) is 55.0 Å². The molecular weight excluding hydrogens is 344 g/mol. The average molecular weight is 368 g/mol. The number of ketones is 1. The lowest BCUT2D eigenvalue weighted by Crippen LogP contribution is -2.40. The molecule has 142 valence electrons. The Morgan fingerprint density at radius 2 is 1.81 bits per heavy atom. The number of nitrogens with zero attached hydrogens (tertiary/aromatic N) is 2. The molecule has 27 heavy (non-hydrogen) atoms. The minimum absolute atomic E-state index is 0.0391. The summed E-state index contributed by atoms with van der Waals surface area (Å²) in [4.78, 5) is 31.4. The van der Waals surface area contributed by atoms with E-state index in [9.17, 15) is 9.59 Å². The number of carbonyl (C=O) groups is 2. The van der Waals surface area contributed by atoms with Gasteiger partial charge in [-0.15, -0.1) is 0 Å². The predicted molar refractivity (Wildman–Crippen MR) is 101 cm³/mol. The number of ether oxygens (including phenoxy) is 2. The van der Waals surface area contributed by atoms with Crippen molar-refractivity contribution in [1.82, 2.24) is 9.88 Å². The maximum absolute atomic E-state index is 12.9. The first kappa shape index (κ1) is 19.0. The minimum Gasteiger partial charge on any atom is -0.475 e. The molecule has 6 heteroatoms. The van der Waals surface area contributed by atoms with Gasteiger partial charge in [0.2, 0.25) is 5.88 Å². The third kappa shape index (κ3) is 4.71. The number of benzene rings is 1. The number of methoxy groups -OCH3 is 1. The van der Waals surface area contributed by atoms with E-state index in [4.69, 9.17) is 9.47 Å². The average Bonchev–Trinajstić information content (AvgIpc) is 2.74. The lowest BCUT2D eigenvalue weighted by molar-refractivity contribution is 0.0644. The van der Waals surface area contributed by atoms with Crippen molar-refractivity contribution in [1.29, 1.82) is 0 Å². The van der Waals surface area contributed by atoms with Crippen LogP contribution >= 0.6 is 0 Å². The number of likely N-dealkylation sites (tertiary alicyclic amines) is 1. The zero-order valence-electron chi connectivity index (χ0n) is 15.5. The summed E-state index contributed by atoms with van der Waals surface area (Å²) in [6.07, 6.45) is 2.93. The van der Waals surface area contributed by atoms with E-state index in [0.29, 0.717) is 50.6 Å². The van der Waals surface area contributed by atoms with Gasteiger partial charge in [-0.2, -0.15) is 0 Å². The van der Waals surface area contributed by atoms with Crippen LogP contribution in [0.4, 0.5) is 0 Å². The van der Waals surface area contributed by atoms with Crippen molar-refractivity contribution in [2.45, 2.75) is 12.8 Å². The summed E-state index contributed by atoms with van der Waals surface area (Å²) in [5.74, 6) is 0.332. The molecule has 0 unspecified atom stereocenters. The van der Waals surface area contributed by atoms with Crippen LogP contribution in [-0.2, 0) is 4.74 Å². The summed E-state index contributed by atoms with van der Waals surface area (Å²) < 4.78 is 10.5. The molecule has 1 aliphatic heterocycles. The summed E-state index contributed by atoms with van der Waals surface area (Å²) in [5.41, 5.74) is 1.19. The normalized spacial score (nSPS) is 14.8. The highest BCUT2D eigenvalue weighted by Gasteiger charge is 2.29. The van der Waals surface area contributed by atoms with Gasteiger partial charge in [0, 0.05) is 37.9 Å². The third-order valence-electron chi connectivity index (χ3n) is 4.74. The Hall–Kier alpha value is -2.73. The predicted octanol–water partition coefficient (Wildman–Crippen LogP) is 2.84. The second kappa shape index (κ2) is 9.28. The van der Waals surface area contributed by atoms with Gasteiger partial charge in [-0.25, -0.2) is 4.98 Å². The van der Waals surface area contributed by atoms with E-state index in [1.165, 1.54) is 0 Å². The Balaban J connectivity index is 1.61. The summed E-state index contributed by atoms with van der Waals surface area (Å²) >= 11 is 0. The molecule has 0 atom stereocenters. The van der Waals surface area contributed by atoms with Crippen LogP contribution in [0.15, 0.2) is 48.7 Å². The molecule has 0 aliphatic carbocycles. The van der Waals surface area contributed by atoms with Gasteiger partial charge in [-0.1, -0.05) is 30.3 Å². The van der Waals surface area contributed by atoms with Gasteiger partial charge in [-0.3, -0.25) is 9.59 Å². The van der Waals surface area contributed by atoms with Gasteiger partial charge in [0.1, 0.15) is 12.2 Å². The maximum atomic E-state index is 12.9. The summed E-state index contributed by atoms with van der Waals surface area (Å²) in [5, 5.41) is 0. The molecule has 1 aromatic heterocycles. The molecule has 0 saturated carbocycles. The number of carbonyl (C=O) groups excluding carboxylic acids is 2. The van der Waals surface area contributed by atoms with Crippen LogP contribution in [0.25, 0.3) is 0 Å². The smallest absolute Gasteiger partial charge is 0.259 e. The second-order valence-electron chi connectivity index (χ2n) is 6.49. The van der Waals surface area contributed by atoms with Crippen LogP contribution in [0.2, 0.25) is 0 Å². The maximum Gasteiger partial charge on any atom is 0.259 e. The number of pyridine rings is 1. The highest BCUT2D eigenvalue weighted by atomic mass is 16.5. The van der Waals surface area contributed by atoms with Gasteiger partial charge >= 0.3 is 0 Å². The van der Waals surface area contributed by atoms with E-state index >= 15 is 0 Å². The molecule has 2 heterocycles. The molecule has 1 saturated heterocycles. The number of amides is 1. The highest BCUT2D eigenvalue weighted by Crippen LogP contribution is 2.24. The Bertz CT molecular complexity index is 771. The van der Waals surface area contributed by atoms with Gasteiger partial charge < -0.3 is 14.4 Å². The summed E-state index contributed by atoms with van der Waals surface area (Å²) in [7, 11) is 1.59. The molecule has 0 spiro atoms. The Kier molecular flexibility index (Phi) is 6.54. The zero-order valence-corrected chi connectivity index (χ0v) is 15.5. The van der Waals surface area contributed by atoms with Crippen molar-refractivity contribution < 1.29 is 19.1 Å². The van der Waals surface area contributed by atoms with Gasteiger partial charge in [0.05, 0.1) is 6.61 Å². The van der Waals surface area contributed by atoms with E-state index in [-0.39, 0.29) is 17.6 Å². The SMILES string of the molecule is COCCOc1ncccc1C(=O)N1CCC(C(=O)c2ccccc2)CC1. The van der Waals surface area contributed by atoms with Crippen molar-refractivity contribution in [2.75, 3.05) is 33.4 Å². The lowest BCUT2D eigenvalue weighted by atomic mass is 9.88. The molecule has 0 N–H and O–H groups in total. The number of aromatic nitrogens is 1. The van der Waals surface area contributed by atoms with E-state index in [1.54, 1.807) is 30.3 Å². The van der Waals surface area contributed by atoms with Crippen molar-refractivity contribution in [3.05, 3.63) is 59.8 Å². The first-order chi connectivity index (χ1) is 13.2. The second-order valence-corrected chi connectivity index (χ2v) is 6.49. The lowest BCUT2D eigenvalue weighted by Gasteiger charge is -2.31. The Labute approximate surface area is 159 Å². The van der Waals surface area contributed by atoms with Crippen LogP contribution < -0.4 is 4.74 Å². The Morgan fingerprint density at radius 1 is 1.07 bits per heavy atom. The van der Waals surface area contributed by atoms with Crippen molar-refractivity contribution in [3.8, 4) is 5.88 Å². The molecule has 2 aromatic rings. The summed E-state index contributed by atoms with van der Waals surface area (Å²) in [6, 6.07) is 12.8. The van der Waals surface area contributed by atoms with Gasteiger partial charge in [0.25, 0.3) is 5.91 Å². The van der Waals surface area contributed by atoms with Crippen molar-refractivity contribution >= 4 is 11.7 Å². The molecular formula is C21H24N2O4. The fraction of sp³-hybridized carbons (Fsp3) is 0.381. The fourth-order valence-electron chi connectivity index (χ4n) is 3.24. The Morgan fingerprint density at radius 3 is 2.52 bits per heavy atom. The number of hydrogen-bond donors (Lipinski definition) is 0. The molecule has 3 rings (SSSR count). The first-order valence-corrected chi connectivity index (χ1v) is 9.16. The molecule has 6 nitrogen and oxygen atoms in total. The quantitative estimate of drug-likeness (QED) is 0.555. The van der Waals surface area contributed by atoms with Gasteiger partial charge in [-0.05, 0) is 25.0 Å². The zero-order chi connectivity index (χ0) is 19.1. The largest absolute Gasteiger partial charge is 0.475 e. The highest BCUT2D eigenvalue weighted by molar-refractivity contribution is 5.99. The van der Waals surface area contributed by atoms with Crippen molar-refractivity contribution in [2.24, 2.45) is 5.92 Å². The molecule has 1 fully saturated rings. The molecule has 1 aliphatic rings. The monoisotopic (exact) mass is 368 g/mol. The summed E-state index contributed by atoms with van der Waals surface area (Å²) in [6.45, 7) is 1.86. The van der Waals surface area contributed by atoms with Crippen LogP contribution in [0.5, 0.6) is 5.88 Å². The van der Waals surface area contributed by atoms with E-state index in [2.05, 4.69) is 4.98 Å². The fourth-order valence-corrected chi connectivity index (χ4v) is 3.24. The van der Waals surface area contributed by atoms with E-state index < -0.39 is 0 Å². The van der Waals surface area contributed by atoms with E-state index in [1.807, 2.05) is 30.3 Å². The molecule has 0 bridgehead atoms. The topological polar surface area (TPSA) is 68.7 Å². The number of hydrogen-bond acceptors (Lipinski definition) is 5. The van der Waals surface area contributed by atoms with Crippen LogP contribution in [0, 0.1) is 5.92 Å². The van der Waals surface area contributed by atoms with Crippen LogP contribution in [0.1, 0.15) is 33.6 Å². The van der Waals surface area contributed by atoms with Gasteiger partial charge in [0.15, 0.2) is 5.78 Å². The molecule has 1 aromatic carbocycles. The molecule has 1 amide bonds. The standard InChI is InChI=1S/C21H24N2O4/c1-26-14-15-27-20-18(8-5-11-22-20)21(25)23-12-9-17(10-13-23)19(24)16-6-3-2-4-7-16/h2-8,11,17H,9-10,12-15H2,1H3. The first-order valence-electron chi connectivity index (χ1n) is 9.16. The minimum atomic E-state index is -0.110. The van der Waals surface area contributed by atoms with Crippen molar-refractivity contribution in [3.63, 3.8) is 0 Å².